The Morgan fingerprint density at radius 1 is 1.12 bits per heavy atom. The molecule has 0 spiro atoms. The van der Waals surface area contributed by atoms with E-state index in [2.05, 4.69) is 0 Å². The first kappa shape index (κ1) is 18.0. The summed E-state index contributed by atoms with van der Waals surface area (Å²) in [5.74, 6) is 0. The summed E-state index contributed by atoms with van der Waals surface area (Å²) < 4.78 is 8.88. The van der Waals surface area contributed by atoms with Crippen LogP contribution in [-0.2, 0) is 9.36 Å². The molecule has 0 heterocycles. The van der Waals surface area contributed by atoms with Crippen LogP contribution in [0, 0.1) is 0 Å². The number of carbonyl (C=O) groups is 1. The van der Waals surface area contributed by atoms with E-state index in [1.165, 1.54) is 0 Å². The van der Waals surface area contributed by atoms with Gasteiger partial charge in [0.1, 0.15) is 6.10 Å². The molecule has 0 unspecified atom stereocenters. The van der Waals surface area contributed by atoms with Gasteiger partial charge in [-0.2, -0.15) is 0 Å². The number of hydrogen-bond acceptors (Lipinski definition) is 6. The molecule has 10 heteroatoms. The monoisotopic (exact) mass is 262 g/mol. The first-order valence-electron chi connectivity index (χ1n) is 4.00. The number of aldehydes is 1. The van der Waals surface area contributed by atoms with Crippen molar-refractivity contribution in [1.82, 2.24) is 0 Å². The standard InChI is InChI=1S/C6H12O5.H3O4P/c7-2-4(9)1-5(10)6(11)3-8;1-5(2,3)4/h3-7,9-11H,1-2H2;(H3,1,2,3,4)/t4-,5-,6-;/m0./s1. The Hall–Kier alpha value is -0.380. The summed E-state index contributed by atoms with van der Waals surface area (Å²) in [6.45, 7) is -0.497. The van der Waals surface area contributed by atoms with Gasteiger partial charge < -0.3 is 39.9 Å². The summed E-state index contributed by atoms with van der Waals surface area (Å²) >= 11 is 0. The highest BCUT2D eigenvalue weighted by Gasteiger charge is 2.18. The van der Waals surface area contributed by atoms with Gasteiger partial charge in [0.05, 0.1) is 18.8 Å². The maximum absolute atomic E-state index is 9.86. The molecule has 0 saturated carbocycles. The minimum Gasteiger partial charge on any atom is -0.394 e. The van der Waals surface area contributed by atoms with Crippen LogP contribution in [-0.4, -0.2) is 66.3 Å². The molecule has 0 rings (SSSR count). The first-order valence-corrected chi connectivity index (χ1v) is 5.57. The van der Waals surface area contributed by atoms with Crippen molar-refractivity contribution in [2.45, 2.75) is 24.7 Å². The predicted octanol–water partition coefficient (Wildman–Crippen LogP) is -3.28. The van der Waals surface area contributed by atoms with E-state index in [1.807, 2.05) is 0 Å². The molecule has 0 aromatic heterocycles. The van der Waals surface area contributed by atoms with E-state index in [-0.39, 0.29) is 12.7 Å². The summed E-state index contributed by atoms with van der Waals surface area (Å²) in [4.78, 5) is 31.4. The second kappa shape index (κ2) is 8.74. The minimum absolute atomic E-state index is 0.175. The Kier molecular flexibility index (Phi) is 9.83. The zero-order chi connectivity index (χ0) is 13.4. The molecule has 0 aliphatic heterocycles. The van der Waals surface area contributed by atoms with Gasteiger partial charge in [0, 0.05) is 6.42 Å². The molecule has 0 aliphatic carbocycles. The fourth-order valence-corrected chi connectivity index (χ4v) is 0.583. The van der Waals surface area contributed by atoms with Gasteiger partial charge in [0.2, 0.25) is 0 Å². The number of phosphoric acid groups is 1. The lowest BCUT2D eigenvalue weighted by Crippen LogP contribution is -2.32. The molecule has 9 nitrogen and oxygen atoms in total. The van der Waals surface area contributed by atoms with E-state index in [0.717, 1.165) is 0 Å². The maximum atomic E-state index is 9.86. The summed E-state index contributed by atoms with van der Waals surface area (Å²) in [5, 5.41) is 34.6. The second-order valence-corrected chi connectivity index (χ2v) is 3.81. The predicted molar refractivity (Wildman–Crippen MR) is 50.1 cm³/mol. The molecule has 0 aliphatic rings. The Labute approximate surface area is 90.8 Å². The average Bonchev–Trinajstić information content (AvgIpc) is 2.13. The van der Waals surface area contributed by atoms with Gasteiger partial charge in [-0.25, -0.2) is 4.57 Å². The van der Waals surface area contributed by atoms with E-state index < -0.39 is 32.7 Å². The first-order chi connectivity index (χ1) is 7.11. The van der Waals surface area contributed by atoms with Crippen LogP contribution in [0.3, 0.4) is 0 Å². The van der Waals surface area contributed by atoms with Crippen molar-refractivity contribution in [2.75, 3.05) is 6.61 Å². The molecule has 0 bridgehead atoms. The summed E-state index contributed by atoms with van der Waals surface area (Å²) in [6, 6.07) is 0. The molecule has 16 heavy (non-hydrogen) atoms. The third kappa shape index (κ3) is 16.1. The van der Waals surface area contributed by atoms with Crippen molar-refractivity contribution in [3.63, 3.8) is 0 Å². The third-order valence-electron chi connectivity index (χ3n) is 1.26. The normalized spacial score (nSPS) is 16.7. The van der Waals surface area contributed by atoms with Crippen molar-refractivity contribution in [1.29, 1.82) is 0 Å². The quantitative estimate of drug-likeness (QED) is 0.198. The highest BCUT2D eigenvalue weighted by atomic mass is 31.2. The summed E-state index contributed by atoms with van der Waals surface area (Å²) in [5.41, 5.74) is 0. The van der Waals surface area contributed by atoms with Crippen LogP contribution in [0.2, 0.25) is 0 Å². The molecular formula is C6H15O9P. The van der Waals surface area contributed by atoms with Gasteiger partial charge in [-0.3, -0.25) is 0 Å². The fraction of sp³-hybridized carbons (Fsp3) is 0.833. The van der Waals surface area contributed by atoms with E-state index >= 15 is 0 Å². The van der Waals surface area contributed by atoms with Gasteiger partial charge in [-0.05, 0) is 0 Å². The van der Waals surface area contributed by atoms with Crippen LogP contribution in [0.5, 0.6) is 0 Å². The molecule has 3 atom stereocenters. The lowest BCUT2D eigenvalue weighted by molar-refractivity contribution is -0.121. The number of carbonyl (C=O) groups excluding carboxylic acids is 1. The van der Waals surface area contributed by atoms with E-state index in [9.17, 15) is 4.79 Å². The van der Waals surface area contributed by atoms with Crippen LogP contribution in [0.1, 0.15) is 6.42 Å². The van der Waals surface area contributed by atoms with E-state index in [4.69, 9.17) is 39.7 Å². The largest absolute Gasteiger partial charge is 0.466 e. The van der Waals surface area contributed by atoms with Crippen LogP contribution in [0.25, 0.3) is 0 Å². The molecule has 98 valence electrons. The Bertz CT molecular complexity index is 218. The topological polar surface area (TPSA) is 176 Å². The van der Waals surface area contributed by atoms with Gasteiger partial charge in [0.15, 0.2) is 6.29 Å². The average molecular weight is 262 g/mol. The highest BCUT2D eigenvalue weighted by Crippen LogP contribution is 2.25. The minimum atomic E-state index is -4.64. The number of hydrogen-bond donors (Lipinski definition) is 7. The summed E-state index contributed by atoms with van der Waals surface area (Å²) in [6.07, 6.45) is -3.93. The molecule has 0 radical (unpaired) electrons. The number of rotatable bonds is 5. The SMILES string of the molecule is O=C[C@H](O)[C@@H](O)C[C@H](O)CO.O=P(O)(O)O. The molecule has 7 N–H and O–H groups in total. The van der Waals surface area contributed by atoms with Crippen LogP contribution in [0.4, 0.5) is 0 Å². The number of aliphatic hydroxyl groups excluding tert-OH is 4. The van der Waals surface area contributed by atoms with Gasteiger partial charge >= 0.3 is 7.82 Å². The molecular weight excluding hydrogens is 247 g/mol. The van der Waals surface area contributed by atoms with Crippen molar-refractivity contribution in [3.05, 3.63) is 0 Å². The number of aliphatic hydroxyl groups is 4. The highest BCUT2D eigenvalue weighted by molar-refractivity contribution is 7.45. The van der Waals surface area contributed by atoms with Crippen LogP contribution < -0.4 is 0 Å². The molecule has 0 fully saturated rings. The Balaban J connectivity index is 0. The molecule has 0 aromatic carbocycles. The molecule has 0 saturated heterocycles. The lowest BCUT2D eigenvalue weighted by Gasteiger charge is -2.14. The van der Waals surface area contributed by atoms with Gasteiger partial charge in [-0.1, -0.05) is 0 Å². The Morgan fingerprint density at radius 2 is 1.50 bits per heavy atom. The lowest BCUT2D eigenvalue weighted by atomic mass is 10.1. The van der Waals surface area contributed by atoms with Gasteiger partial charge in [0.25, 0.3) is 0 Å². The van der Waals surface area contributed by atoms with E-state index in [0.29, 0.717) is 0 Å². The fourth-order valence-electron chi connectivity index (χ4n) is 0.583. The molecule has 0 aromatic rings. The Morgan fingerprint density at radius 3 is 1.75 bits per heavy atom. The van der Waals surface area contributed by atoms with Crippen LogP contribution >= 0.6 is 7.82 Å². The zero-order valence-electron chi connectivity index (χ0n) is 8.12. The molecule has 0 amide bonds. The van der Waals surface area contributed by atoms with Gasteiger partial charge in [-0.15, -0.1) is 0 Å². The smallest absolute Gasteiger partial charge is 0.394 e. The second-order valence-electron chi connectivity index (χ2n) is 2.78. The van der Waals surface area contributed by atoms with Crippen molar-refractivity contribution in [3.8, 4) is 0 Å². The van der Waals surface area contributed by atoms with Crippen LogP contribution in [0.15, 0.2) is 0 Å². The summed E-state index contributed by atoms with van der Waals surface area (Å²) in [7, 11) is -4.64. The maximum Gasteiger partial charge on any atom is 0.466 e. The third-order valence-corrected chi connectivity index (χ3v) is 1.26. The zero-order valence-corrected chi connectivity index (χ0v) is 9.01. The van der Waals surface area contributed by atoms with Crippen molar-refractivity contribution < 1.29 is 44.5 Å². The van der Waals surface area contributed by atoms with Crippen molar-refractivity contribution in [2.24, 2.45) is 0 Å². The van der Waals surface area contributed by atoms with E-state index in [1.54, 1.807) is 0 Å². The van der Waals surface area contributed by atoms with Crippen molar-refractivity contribution >= 4 is 14.1 Å².